The summed E-state index contributed by atoms with van der Waals surface area (Å²) in [4.78, 5) is 25.5. The van der Waals surface area contributed by atoms with E-state index >= 15 is 0 Å². The van der Waals surface area contributed by atoms with Crippen LogP contribution in [0.5, 0.6) is 0 Å². The second kappa shape index (κ2) is 7.16. The molecule has 1 aromatic carbocycles. The number of aromatic carboxylic acids is 1. The van der Waals surface area contributed by atoms with Gasteiger partial charge in [0.1, 0.15) is 0 Å². The summed E-state index contributed by atoms with van der Waals surface area (Å²) in [7, 11) is 0. The summed E-state index contributed by atoms with van der Waals surface area (Å²) < 4.78 is 0. The SMILES string of the molecule is O=C(O)c1ccccc1CC1CCN(C(=O)CCC2CC2)CC1. The van der Waals surface area contributed by atoms with Gasteiger partial charge in [-0.1, -0.05) is 31.0 Å². The first-order valence-electron chi connectivity index (χ1n) is 8.72. The van der Waals surface area contributed by atoms with Crippen LogP contribution in [0.15, 0.2) is 24.3 Å². The second-order valence-corrected chi connectivity index (χ2v) is 6.97. The summed E-state index contributed by atoms with van der Waals surface area (Å²) in [6.07, 6.45) is 7.12. The maximum atomic E-state index is 12.2. The number of likely N-dealkylation sites (tertiary alicyclic amines) is 1. The van der Waals surface area contributed by atoms with Crippen LogP contribution in [-0.2, 0) is 11.2 Å². The summed E-state index contributed by atoms with van der Waals surface area (Å²) in [6.45, 7) is 1.65. The van der Waals surface area contributed by atoms with Crippen LogP contribution in [0, 0.1) is 11.8 Å². The smallest absolute Gasteiger partial charge is 0.335 e. The Hall–Kier alpha value is -1.84. The van der Waals surface area contributed by atoms with Crippen molar-refractivity contribution in [1.82, 2.24) is 4.90 Å². The number of hydrogen-bond donors (Lipinski definition) is 1. The standard InChI is InChI=1S/C19H25NO3/c21-18(8-7-14-5-6-14)20-11-9-15(10-12-20)13-16-3-1-2-4-17(16)19(22)23/h1-4,14-15H,5-13H2,(H,22,23). The molecule has 1 aliphatic carbocycles. The minimum absolute atomic E-state index is 0.307. The van der Waals surface area contributed by atoms with Crippen LogP contribution < -0.4 is 0 Å². The topological polar surface area (TPSA) is 57.6 Å². The van der Waals surface area contributed by atoms with Gasteiger partial charge in [-0.2, -0.15) is 0 Å². The van der Waals surface area contributed by atoms with Gasteiger partial charge >= 0.3 is 5.97 Å². The van der Waals surface area contributed by atoms with Crippen molar-refractivity contribution in [3.05, 3.63) is 35.4 Å². The van der Waals surface area contributed by atoms with E-state index < -0.39 is 5.97 Å². The first-order valence-corrected chi connectivity index (χ1v) is 8.72. The molecule has 1 heterocycles. The molecule has 23 heavy (non-hydrogen) atoms. The van der Waals surface area contributed by atoms with Crippen molar-refractivity contribution in [1.29, 1.82) is 0 Å². The highest BCUT2D eigenvalue weighted by molar-refractivity contribution is 5.89. The van der Waals surface area contributed by atoms with Crippen molar-refractivity contribution in [2.75, 3.05) is 13.1 Å². The van der Waals surface area contributed by atoms with Gasteiger partial charge in [-0.05, 0) is 49.1 Å². The molecule has 1 aliphatic heterocycles. The average molecular weight is 315 g/mol. The molecule has 0 spiro atoms. The van der Waals surface area contributed by atoms with E-state index in [2.05, 4.69) is 0 Å². The fourth-order valence-corrected chi connectivity index (χ4v) is 3.50. The number of amides is 1. The molecule has 1 aromatic rings. The fraction of sp³-hybridized carbons (Fsp3) is 0.579. The van der Waals surface area contributed by atoms with Crippen LogP contribution in [0.2, 0.25) is 0 Å². The number of carbonyl (C=O) groups excluding carboxylic acids is 1. The molecule has 4 nitrogen and oxygen atoms in total. The molecule has 2 fully saturated rings. The van der Waals surface area contributed by atoms with Crippen molar-refractivity contribution in [3.8, 4) is 0 Å². The van der Waals surface area contributed by atoms with E-state index in [9.17, 15) is 14.7 Å². The maximum absolute atomic E-state index is 12.2. The Kier molecular flexibility index (Phi) is 4.99. The fourth-order valence-electron chi connectivity index (χ4n) is 3.50. The van der Waals surface area contributed by atoms with Gasteiger partial charge in [0, 0.05) is 19.5 Å². The summed E-state index contributed by atoms with van der Waals surface area (Å²) in [5, 5.41) is 9.27. The number of carbonyl (C=O) groups is 2. The highest BCUT2D eigenvalue weighted by Crippen LogP contribution is 2.34. The van der Waals surface area contributed by atoms with E-state index in [-0.39, 0.29) is 0 Å². The normalized spacial score (nSPS) is 18.9. The number of carboxylic acid groups (broad SMARTS) is 1. The van der Waals surface area contributed by atoms with E-state index in [1.54, 1.807) is 12.1 Å². The number of hydrogen-bond acceptors (Lipinski definition) is 2. The molecule has 0 bridgehead atoms. The molecule has 1 N–H and O–H groups in total. The lowest BCUT2D eigenvalue weighted by Crippen LogP contribution is -2.38. The lowest BCUT2D eigenvalue weighted by molar-refractivity contribution is -0.132. The van der Waals surface area contributed by atoms with Crippen LogP contribution in [0.3, 0.4) is 0 Å². The minimum atomic E-state index is -0.853. The predicted molar refractivity (Wildman–Crippen MR) is 88.4 cm³/mol. The number of carboxylic acids is 1. The Morgan fingerprint density at radius 3 is 2.39 bits per heavy atom. The molecule has 1 amide bonds. The zero-order valence-corrected chi connectivity index (χ0v) is 13.5. The van der Waals surface area contributed by atoms with Crippen molar-refractivity contribution < 1.29 is 14.7 Å². The monoisotopic (exact) mass is 315 g/mol. The van der Waals surface area contributed by atoms with Gasteiger partial charge in [-0.3, -0.25) is 4.79 Å². The second-order valence-electron chi connectivity index (χ2n) is 6.97. The zero-order valence-electron chi connectivity index (χ0n) is 13.5. The van der Waals surface area contributed by atoms with E-state index in [1.165, 1.54) is 12.8 Å². The number of benzene rings is 1. The average Bonchev–Trinajstić information content (AvgIpc) is 3.38. The highest BCUT2D eigenvalue weighted by atomic mass is 16.4. The van der Waals surface area contributed by atoms with E-state index in [1.807, 2.05) is 17.0 Å². The lowest BCUT2D eigenvalue weighted by Gasteiger charge is -2.32. The zero-order chi connectivity index (χ0) is 16.2. The quantitative estimate of drug-likeness (QED) is 0.876. The van der Waals surface area contributed by atoms with Gasteiger partial charge in [-0.25, -0.2) is 4.79 Å². The number of piperidine rings is 1. The summed E-state index contributed by atoms with van der Waals surface area (Å²) in [5.41, 5.74) is 1.33. The van der Waals surface area contributed by atoms with Crippen LogP contribution in [0.1, 0.15) is 54.4 Å². The van der Waals surface area contributed by atoms with Gasteiger partial charge in [0.25, 0.3) is 0 Å². The van der Waals surface area contributed by atoms with Gasteiger partial charge in [0.15, 0.2) is 0 Å². The molecule has 4 heteroatoms. The third-order valence-corrected chi connectivity index (χ3v) is 5.19. The van der Waals surface area contributed by atoms with Crippen LogP contribution >= 0.6 is 0 Å². The Balaban J connectivity index is 1.49. The molecule has 2 aliphatic rings. The molecule has 1 saturated carbocycles. The Morgan fingerprint density at radius 2 is 1.74 bits per heavy atom. The minimum Gasteiger partial charge on any atom is -0.478 e. The van der Waals surface area contributed by atoms with Crippen molar-refractivity contribution in [2.45, 2.75) is 44.9 Å². The van der Waals surface area contributed by atoms with E-state index in [4.69, 9.17) is 0 Å². The molecular weight excluding hydrogens is 290 g/mol. The molecule has 124 valence electrons. The first kappa shape index (κ1) is 16.0. The molecule has 3 rings (SSSR count). The predicted octanol–water partition coefficient (Wildman–Crippen LogP) is 3.36. The summed E-state index contributed by atoms with van der Waals surface area (Å²) in [6, 6.07) is 7.26. The van der Waals surface area contributed by atoms with Gasteiger partial charge in [0.2, 0.25) is 5.91 Å². The molecular formula is C19H25NO3. The molecule has 0 unspecified atom stereocenters. The van der Waals surface area contributed by atoms with Crippen molar-refractivity contribution in [3.63, 3.8) is 0 Å². The van der Waals surface area contributed by atoms with E-state index in [0.29, 0.717) is 23.8 Å². The molecule has 0 aromatic heterocycles. The largest absolute Gasteiger partial charge is 0.478 e. The van der Waals surface area contributed by atoms with Gasteiger partial charge in [0.05, 0.1) is 5.56 Å². The number of rotatable bonds is 6. The lowest BCUT2D eigenvalue weighted by atomic mass is 9.88. The van der Waals surface area contributed by atoms with Crippen LogP contribution in [-0.4, -0.2) is 35.0 Å². The van der Waals surface area contributed by atoms with E-state index in [0.717, 1.165) is 50.3 Å². The Bertz CT molecular complexity index is 572. The van der Waals surface area contributed by atoms with Crippen molar-refractivity contribution in [2.24, 2.45) is 11.8 Å². The van der Waals surface area contributed by atoms with Crippen molar-refractivity contribution >= 4 is 11.9 Å². The highest BCUT2D eigenvalue weighted by Gasteiger charge is 2.26. The summed E-state index contributed by atoms with van der Waals surface area (Å²) >= 11 is 0. The molecule has 0 atom stereocenters. The first-order chi connectivity index (χ1) is 11.1. The summed E-state index contributed by atoms with van der Waals surface area (Å²) in [5.74, 6) is 0.738. The van der Waals surface area contributed by atoms with Gasteiger partial charge in [-0.15, -0.1) is 0 Å². The molecule has 0 radical (unpaired) electrons. The number of nitrogens with zero attached hydrogens (tertiary/aromatic N) is 1. The van der Waals surface area contributed by atoms with Crippen LogP contribution in [0.25, 0.3) is 0 Å². The molecule has 1 saturated heterocycles. The Labute approximate surface area is 137 Å². The van der Waals surface area contributed by atoms with Crippen LogP contribution in [0.4, 0.5) is 0 Å². The third kappa shape index (κ3) is 4.34. The third-order valence-electron chi connectivity index (χ3n) is 5.19. The maximum Gasteiger partial charge on any atom is 0.335 e. The van der Waals surface area contributed by atoms with Gasteiger partial charge < -0.3 is 10.0 Å². The Morgan fingerprint density at radius 1 is 1.04 bits per heavy atom.